The van der Waals surface area contributed by atoms with Crippen molar-refractivity contribution in [2.24, 2.45) is 0 Å². The molecule has 0 aliphatic rings. The van der Waals surface area contributed by atoms with Crippen molar-refractivity contribution in [3.05, 3.63) is 110 Å². The lowest BCUT2D eigenvalue weighted by Crippen LogP contribution is -2.14. The Balaban J connectivity index is 1.75. The van der Waals surface area contributed by atoms with Gasteiger partial charge in [-0.15, -0.1) is 0 Å². The summed E-state index contributed by atoms with van der Waals surface area (Å²) in [5, 5.41) is 0.975. The highest BCUT2D eigenvalue weighted by Crippen LogP contribution is 2.29. The maximum absolute atomic E-state index is 14.3. The van der Waals surface area contributed by atoms with Crippen molar-refractivity contribution in [1.82, 2.24) is 0 Å². The molecule has 32 heavy (non-hydrogen) atoms. The lowest BCUT2D eigenvalue weighted by atomic mass is 9.95. The molecule has 162 valence electrons. The van der Waals surface area contributed by atoms with E-state index >= 15 is 0 Å². The van der Waals surface area contributed by atoms with E-state index in [1.807, 2.05) is 13.0 Å². The standard InChI is InChI=1S/C26H20ClFO4/c1-2-7-18-19-13-12-17(31-25(29)16-8-4-3-5-9-16)14-24(19)32-26(30)20(18)15-21-22(27)10-6-11-23(21)28/h3-6,8-14H,2,7,15H2,1H3. The van der Waals surface area contributed by atoms with Gasteiger partial charge in [-0.3, -0.25) is 0 Å². The number of carbonyl (C=O) groups excluding carboxylic acids is 1. The molecule has 1 aromatic heterocycles. The Hall–Kier alpha value is -3.44. The van der Waals surface area contributed by atoms with Crippen molar-refractivity contribution in [1.29, 1.82) is 0 Å². The zero-order chi connectivity index (χ0) is 22.7. The highest BCUT2D eigenvalue weighted by Gasteiger charge is 2.19. The van der Waals surface area contributed by atoms with Crippen LogP contribution in [0.5, 0.6) is 5.75 Å². The summed E-state index contributed by atoms with van der Waals surface area (Å²) in [7, 11) is 0. The van der Waals surface area contributed by atoms with Gasteiger partial charge in [0, 0.05) is 34.0 Å². The highest BCUT2D eigenvalue weighted by molar-refractivity contribution is 6.31. The van der Waals surface area contributed by atoms with Crippen molar-refractivity contribution in [3.63, 3.8) is 0 Å². The molecule has 3 aromatic carbocycles. The summed E-state index contributed by atoms with van der Waals surface area (Å²) in [5.41, 5.74) is 1.57. The van der Waals surface area contributed by atoms with Gasteiger partial charge in [-0.05, 0) is 48.4 Å². The van der Waals surface area contributed by atoms with E-state index in [-0.39, 0.29) is 22.8 Å². The monoisotopic (exact) mass is 450 g/mol. The van der Waals surface area contributed by atoms with Crippen LogP contribution in [0.4, 0.5) is 4.39 Å². The molecule has 0 fully saturated rings. The first-order valence-corrected chi connectivity index (χ1v) is 10.6. The summed E-state index contributed by atoms with van der Waals surface area (Å²) >= 11 is 6.18. The number of ether oxygens (including phenoxy) is 1. The number of benzene rings is 3. The van der Waals surface area contributed by atoms with E-state index < -0.39 is 17.4 Å². The van der Waals surface area contributed by atoms with Crippen molar-refractivity contribution in [2.45, 2.75) is 26.2 Å². The average Bonchev–Trinajstić information content (AvgIpc) is 2.78. The van der Waals surface area contributed by atoms with Crippen LogP contribution in [-0.4, -0.2) is 5.97 Å². The molecule has 0 saturated carbocycles. The Morgan fingerprint density at radius 1 is 1.00 bits per heavy atom. The fourth-order valence-corrected chi connectivity index (χ4v) is 3.91. The van der Waals surface area contributed by atoms with Gasteiger partial charge < -0.3 is 9.15 Å². The number of carbonyl (C=O) groups is 1. The van der Waals surface area contributed by atoms with Gasteiger partial charge in [0.1, 0.15) is 17.1 Å². The van der Waals surface area contributed by atoms with Gasteiger partial charge in [0.25, 0.3) is 0 Å². The van der Waals surface area contributed by atoms with Gasteiger partial charge in [-0.2, -0.15) is 0 Å². The van der Waals surface area contributed by atoms with E-state index in [1.165, 1.54) is 18.2 Å². The summed E-state index contributed by atoms with van der Waals surface area (Å²) in [6.07, 6.45) is 1.41. The number of halogens is 2. The van der Waals surface area contributed by atoms with Crippen LogP contribution < -0.4 is 10.4 Å². The second kappa shape index (κ2) is 9.37. The summed E-state index contributed by atoms with van der Waals surface area (Å²) in [5.74, 6) is -0.712. The SMILES string of the molecule is CCCc1c(Cc2c(F)cccc2Cl)c(=O)oc2cc(OC(=O)c3ccccc3)ccc12. The van der Waals surface area contributed by atoms with E-state index in [9.17, 15) is 14.0 Å². The van der Waals surface area contributed by atoms with Gasteiger partial charge >= 0.3 is 11.6 Å². The second-order valence-corrected chi connectivity index (χ2v) is 7.79. The molecular formula is C26H20ClFO4. The normalized spacial score (nSPS) is 11.0. The minimum atomic E-state index is -0.563. The number of esters is 1. The van der Waals surface area contributed by atoms with Crippen molar-refractivity contribution in [2.75, 3.05) is 0 Å². The Kier molecular flexibility index (Phi) is 6.37. The quantitative estimate of drug-likeness (QED) is 0.195. The first-order valence-electron chi connectivity index (χ1n) is 10.3. The minimum absolute atomic E-state index is 0.0316. The predicted octanol–water partition coefficient (Wildman–Crippen LogP) is 6.35. The molecule has 0 amide bonds. The summed E-state index contributed by atoms with van der Waals surface area (Å²) in [6.45, 7) is 2.00. The van der Waals surface area contributed by atoms with E-state index in [2.05, 4.69) is 0 Å². The summed E-state index contributed by atoms with van der Waals surface area (Å²) in [6, 6.07) is 18.0. The number of hydrogen-bond acceptors (Lipinski definition) is 4. The largest absolute Gasteiger partial charge is 0.423 e. The fraction of sp³-hybridized carbons (Fsp3) is 0.154. The Bertz CT molecular complexity index is 1330. The van der Waals surface area contributed by atoms with E-state index in [0.717, 1.165) is 12.0 Å². The molecule has 0 atom stereocenters. The topological polar surface area (TPSA) is 56.5 Å². The predicted molar refractivity (Wildman–Crippen MR) is 122 cm³/mol. The van der Waals surface area contributed by atoms with Crippen LogP contribution in [-0.2, 0) is 12.8 Å². The number of fused-ring (bicyclic) bond motifs is 1. The molecule has 4 rings (SSSR count). The van der Waals surface area contributed by atoms with Gasteiger partial charge in [-0.1, -0.05) is 49.2 Å². The van der Waals surface area contributed by atoms with Gasteiger partial charge in [0.05, 0.1) is 5.56 Å². The Morgan fingerprint density at radius 2 is 1.78 bits per heavy atom. The van der Waals surface area contributed by atoms with Crippen LogP contribution in [0.1, 0.15) is 40.4 Å². The van der Waals surface area contributed by atoms with Gasteiger partial charge in [-0.25, -0.2) is 14.0 Å². The molecule has 4 aromatic rings. The number of rotatable bonds is 6. The maximum atomic E-state index is 14.3. The third-order valence-corrected chi connectivity index (χ3v) is 5.58. The van der Waals surface area contributed by atoms with E-state index in [4.69, 9.17) is 20.8 Å². The third-order valence-electron chi connectivity index (χ3n) is 5.23. The third kappa shape index (κ3) is 4.43. The minimum Gasteiger partial charge on any atom is -0.423 e. The van der Waals surface area contributed by atoms with E-state index in [1.54, 1.807) is 42.5 Å². The molecule has 0 N–H and O–H groups in total. The summed E-state index contributed by atoms with van der Waals surface area (Å²) < 4.78 is 25.3. The molecule has 0 aliphatic heterocycles. The lowest BCUT2D eigenvalue weighted by Gasteiger charge is -2.13. The Labute approximate surface area is 189 Å². The van der Waals surface area contributed by atoms with Crippen LogP contribution in [0.15, 0.2) is 75.9 Å². The van der Waals surface area contributed by atoms with Crippen molar-refractivity contribution in [3.8, 4) is 5.75 Å². The highest BCUT2D eigenvalue weighted by atomic mass is 35.5. The first kappa shape index (κ1) is 21.8. The van der Waals surface area contributed by atoms with Crippen LogP contribution in [0.2, 0.25) is 5.02 Å². The van der Waals surface area contributed by atoms with Crippen LogP contribution >= 0.6 is 11.6 Å². The number of aryl methyl sites for hydroxylation is 1. The molecule has 1 heterocycles. The molecule has 0 unspecified atom stereocenters. The number of hydrogen-bond donors (Lipinski definition) is 0. The van der Waals surface area contributed by atoms with Crippen molar-refractivity contribution >= 4 is 28.5 Å². The zero-order valence-corrected chi connectivity index (χ0v) is 18.1. The molecule has 0 radical (unpaired) electrons. The molecular weight excluding hydrogens is 431 g/mol. The van der Waals surface area contributed by atoms with Crippen molar-refractivity contribution < 1.29 is 18.3 Å². The van der Waals surface area contributed by atoms with Crippen LogP contribution in [0.3, 0.4) is 0 Å². The first-order chi connectivity index (χ1) is 15.5. The molecule has 4 nitrogen and oxygen atoms in total. The molecule has 0 aliphatic carbocycles. The van der Waals surface area contributed by atoms with Gasteiger partial charge in [0.2, 0.25) is 0 Å². The molecule has 6 heteroatoms. The zero-order valence-electron chi connectivity index (χ0n) is 17.4. The summed E-state index contributed by atoms with van der Waals surface area (Å²) in [4.78, 5) is 25.2. The van der Waals surface area contributed by atoms with Crippen LogP contribution in [0.25, 0.3) is 11.0 Å². The smallest absolute Gasteiger partial charge is 0.343 e. The molecule has 0 spiro atoms. The fourth-order valence-electron chi connectivity index (χ4n) is 3.68. The second-order valence-electron chi connectivity index (χ2n) is 7.39. The molecule has 0 bridgehead atoms. The molecule has 0 saturated heterocycles. The van der Waals surface area contributed by atoms with E-state index in [0.29, 0.717) is 28.5 Å². The maximum Gasteiger partial charge on any atom is 0.343 e. The van der Waals surface area contributed by atoms with Gasteiger partial charge in [0.15, 0.2) is 0 Å². The lowest BCUT2D eigenvalue weighted by molar-refractivity contribution is 0.0735. The van der Waals surface area contributed by atoms with Crippen LogP contribution in [0, 0.1) is 5.82 Å². The Morgan fingerprint density at radius 3 is 2.50 bits per heavy atom. The average molecular weight is 451 g/mol.